The number of epoxide rings is 1. The van der Waals surface area contributed by atoms with Crippen LogP contribution in [0.25, 0.3) is 6.08 Å². The minimum Gasteiger partial charge on any atom is -0.458 e. The molecular formula is C27H39NO6S. The number of allylic oxidation sites excluding steroid dienone is 1. The molecule has 2 aliphatic rings. The third-order valence-electron chi connectivity index (χ3n) is 7.49. The second-order valence-corrected chi connectivity index (χ2v) is 11.9. The van der Waals surface area contributed by atoms with Crippen LogP contribution >= 0.6 is 11.3 Å². The summed E-state index contributed by atoms with van der Waals surface area (Å²) in [5, 5.41) is 24.5. The number of nitrogens with zero attached hydrogens (tertiary/aromatic N) is 1. The summed E-state index contributed by atoms with van der Waals surface area (Å²) >= 11 is 1.55. The Morgan fingerprint density at radius 2 is 1.91 bits per heavy atom. The number of cyclic esters (lactones) is 1. The van der Waals surface area contributed by atoms with Gasteiger partial charge in [-0.3, -0.25) is 9.59 Å². The van der Waals surface area contributed by atoms with Gasteiger partial charge < -0.3 is 19.7 Å². The van der Waals surface area contributed by atoms with Crippen LogP contribution in [0.3, 0.4) is 0 Å². The molecule has 194 valence electrons. The normalized spacial score (nSPS) is 37.9. The van der Waals surface area contributed by atoms with Crippen molar-refractivity contribution in [3.8, 4) is 0 Å². The predicted molar refractivity (Wildman–Crippen MR) is 136 cm³/mol. The average Bonchev–Trinajstić information content (AvgIpc) is 3.22. The highest BCUT2D eigenvalue weighted by Crippen LogP contribution is 2.42. The second-order valence-electron chi connectivity index (χ2n) is 10.9. The Labute approximate surface area is 212 Å². The number of ether oxygens (including phenoxy) is 2. The summed E-state index contributed by atoms with van der Waals surface area (Å²) in [4.78, 5) is 30.6. The number of esters is 1. The first-order valence-corrected chi connectivity index (χ1v) is 13.2. The van der Waals surface area contributed by atoms with Crippen molar-refractivity contribution in [3.05, 3.63) is 33.8 Å². The lowest BCUT2D eigenvalue weighted by molar-refractivity contribution is -0.154. The molecular weight excluding hydrogens is 466 g/mol. The van der Waals surface area contributed by atoms with Crippen LogP contribution in [0.1, 0.15) is 71.5 Å². The lowest BCUT2D eigenvalue weighted by Crippen LogP contribution is -2.45. The molecule has 8 heteroatoms. The number of carbonyl (C=O) groups excluding carboxylic acids is 2. The zero-order valence-corrected chi connectivity index (χ0v) is 22.6. The lowest BCUT2D eigenvalue weighted by Gasteiger charge is -2.34. The fourth-order valence-corrected chi connectivity index (χ4v) is 5.24. The third-order valence-corrected chi connectivity index (χ3v) is 8.29. The third kappa shape index (κ3) is 6.47. The number of aliphatic hydroxyl groups is 2. The molecule has 1 saturated heterocycles. The molecule has 1 fully saturated rings. The van der Waals surface area contributed by atoms with E-state index in [2.05, 4.69) is 4.98 Å². The standard InChI is InChI=1S/C27H39NO6S/c1-15-9-8-10-27(7)22(34-27)12-20(16(2)11-19-14-35-18(4)28-19)33-23(30)13-21(29)26(5,6)25(32)17(3)24(15)31/h8,10-11,14-15,17,20-22,24,29,31H,9,12-13H2,1-7H3/b10-8+,16-11+/t15-,17+,20-,21-,22-,24?,27+/m0/s1. The van der Waals surface area contributed by atoms with E-state index < -0.39 is 41.2 Å². The number of aromatic nitrogens is 1. The molecule has 3 heterocycles. The predicted octanol–water partition coefficient (Wildman–Crippen LogP) is 4.25. The van der Waals surface area contributed by atoms with Crippen LogP contribution in [0.5, 0.6) is 0 Å². The summed E-state index contributed by atoms with van der Waals surface area (Å²) in [6, 6.07) is 0. The smallest absolute Gasteiger partial charge is 0.309 e. The minimum absolute atomic E-state index is 0.132. The number of carbonyl (C=O) groups is 2. The highest BCUT2D eigenvalue weighted by atomic mass is 32.1. The first kappa shape index (κ1) is 27.7. The molecule has 1 aromatic heterocycles. The number of fused-ring (bicyclic) bond motifs is 1. The summed E-state index contributed by atoms with van der Waals surface area (Å²) in [5.74, 6) is -1.71. The number of hydrogen-bond acceptors (Lipinski definition) is 8. The van der Waals surface area contributed by atoms with E-state index in [0.29, 0.717) is 12.8 Å². The van der Waals surface area contributed by atoms with Crippen molar-refractivity contribution in [2.75, 3.05) is 0 Å². The minimum atomic E-state index is -1.24. The number of aliphatic hydroxyl groups excluding tert-OH is 2. The molecule has 2 N–H and O–H groups in total. The molecule has 0 amide bonds. The van der Waals surface area contributed by atoms with Crippen LogP contribution in [0.4, 0.5) is 0 Å². The van der Waals surface area contributed by atoms with Gasteiger partial charge in [0.2, 0.25) is 0 Å². The Balaban J connectivity index is 1.89. The van der Waals surface area contributed by atoms with Gasteiger partial charge in [0.15, 0.2) is 0 Å². The molecule has 35 heavy (non-hydrogen) atoms. The van der Waals surface area contributed by atoms with Gasteiger partial charge in [-0.1, -0.05) is 39.8 Å². The Morgan fingerprint density at radius 1 is 1.23 bits per heavy atom. The summed E-state index contributed by atoms with van der Waals surface area (Å²) < 4.78 is 11.8. The first-order valence-electron chi connectivity index (χ1n) is 12.3. The van der Waals surface area contributed by atoms with Gasteiger partial charge in [0.05, 0.1) is 40.8 Å². The maximum absolute atomic E-state index is 13.2. The lowest BCUT2D eigenvalue weighted by atomic mass is 9.73. The van der Waals surface area contributed by atoms with E-state index in [4.69, 9.17) is 9.47 Å². The highest BCUT2D eigenvalue weighted by Gasteiger charge is 2.51. The summed E-state index contributed by atoms with van der Waals surface area (Å²) in [6.45, 7) is 12.6. The van der Waals surface area contributed by atoms with E-state index in [1.54, 1.807) is 32.1 Å². The van der Waals surface area contributed by atoms with Crippen LogP contribution in [0.2, 0.25) is 0 Å². The van der Waals surface area contributed by atoms with Crippen molar-refractivity contribution in [1.29, 1.82) is 0 Å². The Morgan fingerprint density at radius 3 is 2.54 bits per heavy atom. The molecule has 0 saturated carbocycles. The number of ketones is 1. The van der Waals surface area contributed by atoms with Gasteiger partial charge >= 0.3 is 5.97 Å². The van der Waals surface area contributed by atoms with Crippen LogP contribution < -0.4 is 0 Å². The van der Waals surface area contributed by atoms with Gasteiger partial charge in [-0.2, -0.15) is 0 Å². The fourth-order valence-electron chi connectivity index (χ4n) is 4.67. The molecule has 0 aromatic carbocycles. The van der Waals surface area contributed by atoms with E-state index in [9.17, 15) is 19.8 Å². The topological polar surface area (TPSA) is 109 Å². The Kier molecular flexibility index (Phi) is 8.41. The maximum Gasteiger partial charge on any atom is 0.309 e. The van der Waals surface area contributed by atoms with Gasteiger partial charge in [-0.25, -0.2) is 4.98 Å². The molecule has 2 aliphatic heterocycles. The second kappa shape index (κ2) is 10.6. The van der Waals surface area contributed by atoms with Crippen LogP contribution in [0, 0.1) is 24.2 Å². The van der Waals surface area contributed by atoms with Crippen molar-refractivity contribution >= 4 is 29.2 Å². The van der Waals surface area contributed by atoms with Crippen molar-refractivity contribution in [2.24, 2.45) is 17.3 Å². The Hall–Kier alpha value is -1.87. The summed E-state index contributed by atoms with van der Waals surface area (Å²) in [6.07, 6.45) is 3.83. The molecule has 3 rings (SSSR count). The fraction of sp³-hybridized carbons (Fsp3) is 0.667. The molecule has 0 bridgehead atoms. The first-order chi connectivity index (χ1) is 16.2. The molecule has 0 aliphatic carbocycles. The SMILES string of the molecule is C/C(=C\c1csc(C)n1)[C@@H]1C[C@@H]2O[C@]2(C)/C=C/C[C@H](C)C(O)[C@@H](C)C(=O)C(C)(C)[C@@H](O)CC(=O)O1. The van der Waals surface area contributed by atoms with E-state index >= 15 is 0 Å². The summed E-state index contributed by atoms with van der Waals surface area (Å²) in [7, 11) is 0. The number of Topliss-reactive ketones (excluding diaryl/α,β-unsaturated/α-hetero) is 1. The van der Waals surface area contributed by atoms with Gasteiger partial charge in [0, 0.05) is 17.7 Å². The highest BCUT2D eigenvalue weighted by molar-refractivity contribution is 7.09. The molecule has 7 nitrogen and oxygen atoms in total. The van der Waals surface area contributed by atoms with Crippen LogP contribution in [-0.4, -0.2) is 57.0 Å². The van der Waals surface area contributed by atoms with E-state index in [0.717, 1.165) is 16.3 Å². The largest absolute Gasteiger partial charge is 0.458 e. The van der Waals surface area contributed by atoms with Crippen molar-refractivity contribution in [2.45, 2.75) is 97.7 Å². The maximum atomic E-state index is 13.2. The zero-order valence-electron chi connectivity index (χ0n) is 21.8. The van der Waals surface area contributed by atoms with Gasteiger partial charge in [-0.05, 0) is 44.8 Å². The van der Waals surface area contributed by atoms with E-state index in [-0.39, 0.29) is 24.2 Å². The molecule has 0 spiro atoms. The van der Waals surface area contributed by atoms with Gasteiger partial charge in [0.1, 0.15) is 17.5 Å². The number of thiazole rings is 1. The van der Waals surface area contributed by atoms with Gasteiger partial charge in [-0.15, -0.1) is 11.3 Å². The van der Waals surface area contributed by atoms with E-state index in [1.165, 1.54) is 0 Å². The number of aryl methyl sites for hydroxylation is 1. The van der Waals surface area contributed by atoms with E-state index in [1.807, 2.05) is 51.3 Å². The zero-order chi connectivity index (χ0) is 26.1. The molecule has 1 unspecified atom stereocenters. The summed E-state index contributed by atoms with van der Waals surface area (Å²) in [5.41, 5.74) is -0.0575. The van der Waals surface area contributed by atoms with Crippen molar-refractivity contribution in [3.63, 3.8) is 0 Å². The average molecular weight is 506 g/mol. The van der Waals surface area contributed by atoms with Crippen molar-refractivity contribution in [1.82, 2.24) is 4.98 Å². The molecule has 7 atom stereocenters. The quantitative estimate of drug-likeness (QED) is 0.351. The monoisotopic (exact) mass is 505 g/mol. The number of rotatable bonds is 2. The Bertz CT molecular complexity index is 998. The van der Waals surface area contributed by atoms with Crippen LogP contribution in [0.15, 0.2) is 23.1 Å². The molecule has 0 radical (unpaired) electrons. The van der Waals surface area contributed by atoms with Crippen LogP contribution in [-0.2, 0) is 19.1 Å². The molecule has 1 aromatic rings. The number of hydrogen-bond donors (Lipinski definition) is 2. The van der Waals surface area contributed by atoms with Crippen molar-refractivity contribution < 1.29 is 29.3 Å². The van der Waals surface area contributed by atoms with Gasteiger partial charge in [0.25, 0.3) is 0 Å².